The smallest absolute Gasteiger partial charge is 0.357 e. The van der Waals surface area contributed by atoms with Crippen molar-refractivity contribution in [2.75, 3.05) is 0 Å². The Morgan fingerprint density at radius 2 is 1.96 bits per heavy atom. The maximum absolute atomic E-state index is 12.7. The van der Waals surface area contributed by atoms with Gasteiger partial charge in [-0.1, -0.05) is 30.3 Å². The molecular formula is C19H24N2O3. The van der Waals surface area contributed by atoms with Gasteiger partial charge in [0.05, 0.1) is 24.2 Å². The van der Waals surface area contributed by atoms with E-state index in [1.54, 1.807) is 12.5 Å². The van der Waals surface area contributed by atoms with Crippen LogP contribution < -0.4 is 0 Å². The summed E-state index contributed by atoms with van der Waals surface area (Å²) in [5.41, 5.74) is 0.612. The summed E-state index contributed by atoms with van der Waals surface area (Å²) in [4.78, 5) is 16.8. The van der Waals surface area contributed by atoms with Crippen LogP contribution in [0.1, 0.15) is 56.7 Å². The van der Waals surface area contributed by atoms with Crippen molar-refractivity contribution in [3.8, 4) is 0 Å². The lowest BCUT2D eigenvalue weighted by molar-refractivity contribution is -0.0144. The fourth-order valence-electron chi connectivity index (χ4n) is 3.26. The Morgan fingerprint density at radius 3 is 2.54 bits per heavy atom. The Hall–Kier alpha value is -2.14. The highest BCUT2D eigenvalue weighted by Gasteiger charge is 2.58. The second-order valence-corrected chi connectivity index (χ2v) is 7.37. The van der Waals surface area contributed by atoms with Gasteiger partial charge in [0.25, 0.3) is 0 Å². The number of imidazole rings is 1. The average Bonchev–Trinajstić information content (AvgIpc) is 2.98. The van der Waals surface area contributed by atoms with Crippen molar-refractivity contribution >= 4 is 5.97 Å². The van der Waals surface area contributed by atoms with E-state index in [9.17, 15) is 4.79 Å². The standard InChI is InChI=1S/C19H24N2O3/c1-13(14-9-7-6-8-10-14)21-12-20-11-15(21)16(22)23-18(2,3)17-19(4,5)24-17/h6-13,17H,1-5H3. The van der Waals surface area contributed by atoms with Gasteiger partial charge in [-0.2, -0.15) is 0 Å². The van der Waals surface area contributed by atoms with Gasteiger partial charge in [-0.3, -0.25) is 0 Å². The molecule has 24 heavy (non-hydrogen) atoms. The minimum absolute atomic E-state index is 0.00650. The molecule has 1 aromatic carbocycles. The Balaban J connectivity index is 1.79. The van der Waals surface area contributed by atoms with E-state index in [-0.39, 0.29) is 23.7 Å². The molecule has 2 atom stereocenters. The van der Waals surface area contributed by atoms with E-state index >= 15 is 0 Å². The summed E-state index contributed by atoms with van der Waals surface area (Å²) in [6, 6.07) is 9.99. The number of carbonyl (C=O) groups is 1. The molecule has 0 radical (unpaired) electrons. The monoisotopic (exact) mass is 328 g/mol. The predicted molar refractivity (Wildman–Crippen MR) is 90.9 cm³/mol. The third-order valence-electron chi connectivity index (χ3n) is 4.56. The molecule has 1 aliphatic rings. The zero-order chi connectivity index (χ0) is 17.5. The molecule has 1 fully saturated rings. The third-order valence-corrected chi connectivity index (χ3v) is 4.56. The molecule has 2 aromatic rings. The Bertz CT molecular complexity index is 734. The van der Waals surface area contributed by atoms with Gasteiger partial charge in [-0.05, 0) is 40.2 Å². The van der Waals surface area contributed by atoms with Crippen LogP contribution in [0.5, 0.6) is 0 Å². The van der Waals surface area contributed by atoms with Crippen LogP contribution in [0.15, 0.2) is 42.9 Å². The summed E-state index contributed by atoms with van der Waals surface area (Å²) in [5.74, 6) is -0.383. The maximum Gasteiger partial charge on any atom is 0.357 e. The number of epoxide rings is 1. The van der Waals surface area contributed by atoms with E-state index in [2.05, 4.69) is 4.98 Å². The maximum atomic E-state index is 12.7. The van der Waals surface area contributed by atoms with Crippen molar-refractivity contribution in [2.24, 2.45) is 0 Å². The topological polar surface area (TPSA) is 56.7 Å². The number of hydrogen-bond donors (Lipinski definition) is 0. The summed E-state index contributed by atoms with van der Waals surface area (Å²) in [7, 11) is 0. The van der Waals surface area contributed by atoms with Crippen molar-refractivity contribution in [1.82, 2.24) is 9.55 Å². The highest BCUT2D eigenvalue weighted by atomic mass is 16.7. The molecule has 1 aromatic heterocycles. The second kappa shape index (κ2) is 5.74. The van der Waals surface area contributed by atoms with Crippen LogP contribution in [-0.2, 0) is 9.47 Å². The van der Waals surface area contributed by atoms with Gasteiger partial charge in [-0.15, -0.1) is 0 Å². The van der Waals surface area contributed by atoms with Gasteiger partial charge in [-0.25, -0.2) is 9.78 Å². The zero-order valence-electron chi connectivity index (χ0n) is 14.8. The highest BCUT2D eigenvalue weighted by Crippen LogP contribution is 2.44. The van der Waals surface area contributed by atoms with Crippen LogP contribution in [0.2, 0.25) is 0 Å². The molecule has 5 nitrogen and oxygen atoms in total. The lowest BCUT2D eigenvalue weighted by Gasteiger charge is -2.25. The summed E-state index contributed by atoms with van der Waals surface area (Å²) in [6.07, 6.45) is 3.12. The molecular weight excluding hydrogens is 304 g/mol. The van der Waals surface area contributed by atoms with E-state index in [0.717, 1.165) is 5.56 Å². The molecule has 2 unspecified atom stereocenters. The van der Waals surface area contributed by atoms with Gasteiger partial charge in [0.1, 0.15) is 17.4 Å². The zero-order valence-corrected chi connectivity index (χ0v) is 14.8. The molecule has 0 N–H and O–H groups in total. The molecule has 0 spiro atoms. The number of esters is 1. The first-order chi connectivity index (χ1) is 11.2. The molecule has 128 valence electrons. The van der Waals surface area contributed by atoms with Gasteiger partial charge in [0.2, 0.25) is 0 Å². The van der Waals surface area contributed by atoms with E-state index in [1.165, 1.54) is 0 Å². The van der Waals surface area contributed by atoms with Crippen LogP contribution in [0.4, 0.5) is 0 Å². The molecule has 1 saturated heterocycles. The fourth-order valence-corrected chi connectivity index (χ4v) is 3.26. The van der Waals surface area contributed by atoms with Crippen molar-refractivity contribution < 1.29 is 14.3 Å². The normalized spacial score (nSPS) is 20.5. The number of nitrogens with zero attached hydrogens (tertiary/aromatic N) is 2. The number of hydrogen-bond acceptors (Lipinski definition) is 4. The Kier molecular flexibility index (Phi) is 4.00. The first-order valence-corrected chi connectivity index (χ1v) is 8.20. The molecule has 0 bridgehead atoms. The summed E-state index contributed by atoms with van der Waals surface area (Å²) >= 11 is 0. The van der Waals surface area contributed by atoms with Gasteiger partial charge < -0.3 is 14.0 Å². The van der Waals surface area contributed by atoms with Crippen LogP contribution in [0.3, 0.4) is 0 Å². The minimum Gasteiger partial charge on any atom is -0.452 e. The first kappa shape index (κ1) is 16.7. The van der Waals surface area contributed by atoms with E-state index in [1.807, 2.05) is 69.5 Å². The quantitative estimate of drug-likeness (QED) is 0.621. The summed E-state index contributed by atoms with van der Waals surface area (Å²) in [5, 5.41) is 0. The average molecular weight is 328 g/mol. The highest BCUT2D eigenvalue weighted by molar-refractivity contribution is 5.87. The SMILES string of the molecule is CC(c1ccccc1)n1cncc1C(=O)OC(C)(C)C1OC1(C)C. The van der Waals surface area contributed by atoms with Gasteiger partial charge in [0.15, 0.2) is 0 Å². The van der Waals surface area contributed by atoms with Crippen molar-refractivity contribution in [3.63, 3.8) is 0 Å². The number of carbonyl (C=O) groups excluding carboxylic acids is 1. The van der Waals surface area contributed by atoms with Crippen molar-refractivity contribution in [2.45, 2.75) is 58.0 Å². The van der Waals surface area contributed by atoms with Crippen LogP contribution in [0.25, 0.3) is 0 Å². The third kappa shape index (κ3) is 3.08. The van der Waals surface area contributed by atoms with Gasteiger partial charge >= 0.3 is 5.97 Å². The lowest BCUT2D eigenvalue weighted by atomic mass is 9.96. The van der Waals surface area contributed by atoms with Crippen LogP contribution in [0, 0.1) is 0 Å². The van der Waals surface area contributed by atoms with Crippen LogP contribution in [-0.4, -0.2) is 32.8 Å². The van der Waals surface area contributed by atoms with E-state index in [0.29, 0.717) is 5.69 Å². The number of rotatable bonds is 5. The van der Waals surface area contributed by atoms with Crippen molar-refractivity contribution in [1.29, 1.82) is 0 Å². The molecule has 2 heterocycles. The molecule has 0 saturated carbocycles. The Labute approximate surface area is 142 Å². The molecule has 0 amide bonds. The first-order valence-electron chi connectivity index (χ1n) is 8.20. The summed E-state index contributed by atoms with van der Waals surface area (Å²) in [6.45, 7) is 9.79. The second-order valence-electron chi connectivity index (χ2n) is 7.37. The fraction of sp³-hybridized carbons (Fsp3) is 0.474. The summed E-state index contributed by atoms with van der Waals surface area (Å²) < 4.78 is 13.2. The number of benzene rings is 1. The minimum atomic E-state index is -0.689. The largest absolute Gasteiger partial charge is 0.452 e. The van der Waals surface area contributed by atoms with E-state index in [4.69, 9.17) is 9.47 Å². The van der Waals surface area contributed by atoms with Crippen LogP contribution >= 0.6 is 0 Å². The predicted octanol–water partition coefficient (Wildman–Crippen LogP) is 3.61. The molecule has 0 aliphatic carbocycles. The lowest BCUT2D eigenvalue weighted by Crippen LogP contribution is -2.37. The molecule has 3 rings (SSSR count). The number of aromatic nitrogens is 2. The molecule has 1 aliphatic heterocycles. The van der Waals surface area contributed by atoms with E-state index < -0.39 is 5.60 Å². The number of ether oxygens (including phenoxy) is 2. The molecule has 5 heteroatoms. The Morgan fingerprint density at radius 1 is 1.33 bits per heavy atom. The van der Waals surface area contributed by atoms with Gasteiger partial charge in [0, 0.05) is 0 Å². The van der Waals surface area contributed by atoms with Crippen molar-refractivity contribution in [3.05, 3.63) is 54.1 Å².